The number of rotatable bonds is 4. The van der Waals surface area contributed by atoms with Crippen LogP contribution in [0.25, 0.3) is 0 Å². The van der Waals surface area contributed by atoms with Crippen LogP contribution in [-0.2, 0) is 10.3 Å². The number of carbonyl (C=O) groups excluding carboxylic acids is 1. The van der Waals surface area contributed by atoms with E-state index in [-0.39, 0.29) is 0 Å². The topological polar surface area (TPSA) is 47.6 Å². The average Bonchev–Trinajstić information content (AvgIpc) is 2.63. The molecule has 0 aliphatic carbocycles. The van der Waals surface area contributed by atoms with E-state index in [1.165, 1.54) is 0 Å². The number of benzene rings is 2. The van der Waals surface area contributed by atoms with E-state index in [9.17, 15) is 4.79 Å². The van der Waals surface area contributed by atoms with Gasteiger partial charge in [0.05, 0.1) is 17.7 Å². The molecule has 3 rings (SSSR count). The number of nitrogens with one attached hydrogen (secondary N) is 1. The van der Waals surface area contributed by atoms with Gasteiger partial charge in [-0.3, -0.25) is 0 Å². The highest BCUT2D eigenvalue weighted by Crippen LogP contribution is 2.36. The normalized spacial score (nSPS) is 16.4. The number of methoxy groups -OCH3 is 1. The van der Waals surface area contributed by atoms with Gasteiger partial charge in [0.1, 0.15) is 11.4 Å². The lowest BCUT2D eigenvalue weighted by Gasteiger charge is -2.37. The maximum absolute atomic E-state index is 12.8. The van der Waals surface area contributed by atoms with Gasteiger partial charge < -0.3 is 14.8 Å². The highest BCUT2D eigenvalue weighted by molar-refractivity contribution is 6.33. The Kier molecular flexibility index (Phi) is 5.07. The summed E-state index contributed by atoms with van der Waals surface area (Å²) < 4.78 is 11.2. The van der Waals surface area contributed by atoms with Crippen molar-refractivity contribution in [2.24, 2.45) is 0 Å². The van der Waals surface area contributed by atoms with Crippen LogP contribution in [0.15, 0.2) is 48.5 Å². The van der Waals surface area contributed by atoms with E-state index in [2.05, 4.69) is 5.32 Å². The summed E-state index contributed by atoms with van der Waals surface area (Å²) in [6.07, 6.45) is 1.45. The second-order valence-electron chi connectivity index (χ2n) is 5.85. The molecule has 5 heteroatoms. The number of carbonyl (C=O) groups is 1. The van der Waals surface area contributed by atoms with Crippen LogP contribution in [0.1, 0.15) is 28.8 Å². The fourth-order valence-corrected chi connectivity index (χ4v) is 3.24. The van der Waals surface area contributed by atoms with Crippen LogP contribution in [0.2, 0.25) is 5.02 Å². The van der Waals surface area contributed by atoms with Crippen molar-refractivity contribution in [1.29, 1.82) is 0 Å². The molecule has 126 valence electrons. The number of halogens is 1. The first-order valence-electron chi connectivity index (χ1n) is 7.98. The van der Waals surface area contributed by atoms with Gasteiger partial charge in [0.15, 0.2) is 0 Å². The van der Waals surface area contributed by atoms with E-state index >= 15 is 0 Å². The number of ether oxygens (including phenoxy) is 2. The second-order valence-corrected chi connectivity index (χ2v) is 6.25. The van der Waals surface area contributed by atoms with Crippen LogP contribution in [0.4, 0.5) is 0 Å². The first-order chi connectivity index (χ1) is 11.6. The molecule has 2 aromatic carbocycles. The molecule has 1 N–H and O–H groups in total. The minimum atomic E-state index is -0.629. The maximum Gasteiger partial charge on any atom is 0.340 e. The van der Waals surface area contributed by atoms with Crippen LogP contribution in [0.5, 0.6) is 5.75 Å². The molecule has 0 radical (unpaired) electrons. The first-order valence-corrected chi connectivity index (χ1v) is 8.35. The number of piperidine rings is 1. The fourth-order valence-electron chi connectivity index (χ4n) is 3.04. The molecule has 1 aliphatic rings. The van der Waals surface area contributed by atoms with E-state index in [1.54, 1.807) is 25.3 Å². The molecular weight excluding hydrogens is 326 g/mol. The monoisotopic (exact) mass is 345 g/mol. The van der Waals surface area contributed by atoms with Crippen LogP contribution < -0.4 is 10.1 Å². The van der Waals surface area contributed by atoms with Crippen molar-refractivity contribution in [1.82, 2.24) is 5.32 Å². The molecule has 1 saturated heterocycles. The van der Waals surface area contributed by atoms with Gasteiger partial charge in [-0.15, -0.1) is 0 Å². The molecule has 0 amide bonds. The molecule has 0 aromatic heterocycles. The minimum absolute atomic E-state index is 0.324. The van der Waals surface area contributed by atoms with E-state index in [0.29, 0.717) is 16.3 Å². The molecule has 4 nitrogen and oxygen atoms in total. The zero-order valence-corrected chi connectivity index (χ0v) is 14.3. The largest absolute Gasteiger partial charge is 0.497 e. The summed E-state index contributed by atoms with van der Waals surface area (Å²) in [7, 11) is 1.55. The van der Waals surface area contributed by atoms with Gasteiger partial charge in [0.2, 0.25) is 0 Å². The molecule has 0 unspecified atom stereocenters. The van der Waals surface area contributed by atoms with E-state index < -0.39 is 11.6 Å². The Balaban J connectivity index is 1.92. The summed E-state index contributed by atoms with van der Waals surface area (Å²) in [5.41, 5.74) is 0.708. The summed E-state index contributed by atoms with van der Waals surface area (Å²) in [4.78, 5) is 12.8. The zero-order valence-electron chi connectivity index (χ0n) is 13.5. The van der Waals surface area contributed by atoms with Gasteiger partial charge in [-0.1, -0.05) is 41.9 Å². The number of esters is 1. The van der Waals surface area contributed by atoms with Gasteiger partial charge in [-0.05, 0) is 36.9 Å². The predicted molar refractivity (Wildman–Crippen MR) is 93.6 cm³/mol. The van der Waals surface area contributed by atoms with Gasteiger partial charge >= 0.3 is 5.97 Å². The van der Waals surface area contributed by atoms with E-state index in [1.807, 2.05) is 30.3 Å². The Morgan fingerprint density at radius 3 is 2.50 bits per heavy atom. The third kappa shape index (κ3) is 3.40. The third-order valence-electron chi connectivity index (χ3n) is 4.39. The fraction of sp³-hybridized carbons (Fsp3) is 0.316. The number of hydrogen-bond donors (Lipinski definition) is 1. The molecule has 0 spiro atoms. The van der Waals surface area contributed by atoms with Crippen molar-refractivity contribution in [3.8, 4) is 5.75 Å². The lowest BCUT2D eigenvalue weighted by atomic mass is 9.84. The summed E-state index contributed by atoms with van der Waals surface area (Å²) in [6.45, 7) is 1.60. The standard InChI is InChI=1S/C19H20ClNO3/c1-23-15-7-8-17(20)16(13-15)18(22)24-19(9-11-21-12-10-19)14-5-3-2-4-6-14/h2-8,13,21H,9-12H2,1H3. The zero-order chi connectivity index (χ0) is 17.0. The molecule has 0 bridgehead atoms. The van der Waals surface area contributed by atoms with Crippen molar-refractivity contribution in [3.05, 3.63) is 64.7 Å². The van der Waals surface area contributed by atoms with Crippen molar-refractivity contribution in [2.75, 3.05) is 20.2 Å². The predicted octanol–water partition coefficient (Wildman–Crippen LogP) is 3.78. The second kappa shape index (κ2) is 7.24. The Morgan fingerprint density at radius 1 is 1.12 bits per heavy atom. The molecular formula is C19H20ClNO3. The van der Waals surface area contributed by atoms with Gasteiger partial charge in [-0.2, -0.15) is 0 Å². The summed E-state index contributed by atoms with van der Waals surface area (Å²) in [6, 6.07) is 14.9. The van der Waals surface area contributed by atoms with E-state index in [4.69, 9.17) is 21.1 Å². The van der Waals surface area contributed by atoms with Crippen LogP contribution in [0, 0.1) is 0 Å². The number of hydrogen-bond acceptors (Lipinski definition) is 4. The lowest BCUT2D eigenvalue weighted by Crippen LogP contribution is -2.43. The average molecular weight is 346 g/mol. The summed E-state index contributed by atoms with van der Waals surface area (Å²) in [5, 5.41) is 3.67. The lowest BCUT2D eigenvalue weighted by molar-refractivity contribution is -0.0378. The van der Waals surface area contributed by atoms with Gasteiger partial charge in [0.25, 0.3) is 0 Å². The van der Waals surface area contributed by atoms with Crippen molar-refractivity contribution >= 4 is 17.6 Å². The van der Waals surface area contributed by atoms with Gasteiger partial charge in [-0.25, -0.2) is 4.79 Å². The molecule has 24 heavy (non-hydrogen) atoms. The van der Waals surface area contributed by atoms with Gasteiger partial charge in [0, 0.05) is 12.8 Å². The van der Waals surface area contributed by atoms with Crippen LogP contribution in [-0.4, -0.2) is 26.2 Å². The minimum Gasteiger partial charge on any atom is -0.497 e. The van der Waals surface area contributed by atoms with E-state index in [0.717, 1.165) is 31.5 Å². The Labute approximate surface area is 146 Å². The molecule has 1 heterocycles. The Hall–Kier alpha value is -2.04. The quantitative estimate of drug-likeness (QED) is 0.857. The summed E-state index contributed by atoms with van der Waals surface area (Å²) in [5.74, 6) is 0.148. The van der Waals surface area contributed by atoms with Crippen molar-refractivity contribution in [3.63, 3.8) is 0 Å². The third-order valence-corrected chi connectivity index (χ3v) is 4.72. The molecule has 0 saturated carbocycles. The first kappa shape index (κ1) is 16.8. The Morgan fingerprint density at radius 2 is 1.83 bits per heavy atom. The SMILES string of the molecule is COc1ccc(Cl)c(C(=O)OC2(c3ccccc3)CCNCC2)c1. The maximum atomic E-state index is 12.8. The highest BCUT2D eigenvalue weighted by atomic mass is 35.5. The molecule has 1 fully saturated rings. The van der Waals surface area contributed by atoms with Crippen molar-refractivity contribution < 1.29 is 14.3 Å². The smallest absolute Gasteiger partial charge is 0.340 e. The highest BCUT2D eigenvalue weighted by Gasteiger charge is 2.38. The van der Waals surface area contributed by atoms with Crippen LogP contribution >= 0.6 is 11.6 Å². The molecule has 2 aromatic rings. The molecule has 0 atom stereocenters. The van der Waals surface area contributed by atoms with Crippen molar-refractivity contribution in [2.45, 2.75) is 18.4 Å². The molecule has 1 aliphatic heterocycles. The Bertz CT molecular complexity index is 712. The summed E-state index contributed by atoms with van der Waals surface area (Å²) >= 11 is 6.19. The van der Waals surface area contributed by atoms with Crippen LogP contribution in [0.3, 0.4) is 0 Å².